The Hall–Kier alpha value is -3.06. The summed E-state index contributed by atoms with van der Waals surface area (Å²) in [5.74, 6) is 0.635. The van der Waals surface area contributed by atoms with Gasteiger partial charge in [0.2, 0.25) is 5.95 Å². The minimum absolute atomic E-state index is 0.0266. The van der Waals surface area contributed by atoms with Gasteiger partial charge in [0, 0.05) is 36.3 Å². The van der Waals surface area contributed by atoms with Crippen LogP contribution in [0.25, 0.3) is 11.3 Å². The summed E-state index contributed by atoms with van der Waals surface area (Å²) < 4.78 is 13.0. The molecule has 0 saturated heterocycles. The van der Waals surface area contributed by atoms with Crippen LogP contribution >= 0.6 is 0 Å². The molecular weight excluding hydrogens is 309 g/mol. The maximum atomic E-state index is 13.0. The number of hydrogen-bond donors (Lipinski definition) is 3. The number of aliphatic hydroxyl groups is 1. The van der Waals surface area contributed by atoms with E-state index < -0.39 is 0 Å². The van der Waals surface area contributed by atoms with Crippen molar-refractivity contribution in [1.29, 1.82) is 0 Å². The molecular formula is C17H16FN5O. The molecule has 3 rings (SSSR count). The van der Waals surface area contributed by atoms with Crippen molar-refractivity contribution < 1.29 is 9.50 Å². The highest BCUT2D eigenvalue weighted by Gasteiger charge is 2.07. The van der Waals surface area contributed by atoms with Crippen LogP contribution in [0.5, 0.6) is 0 Å². The highest BCUT2D eigenvalue weighted by molar-refractivity contribution is 5.66. The van der Waals surface area contributed by atoms with E-state index in [2.05, 4.69) is 25.6 Å². The third kappa shape index (κ3) is 4.02. The van der Waals surface area contributed by atoms with E-state index in [4.69, 9.17) is 5.11 Å². The molecule has 0 spiro atoms. The van der Waals surface area contributed by atoms with Crippen LogP contribution in [0, 0.1) is 5.82 Å². The number of anilines is 3. The Labute approximate surface area is 138 Å². The number of nitrogens with zero attached hydrogens (tertiary/aromatic N) is 3. The number of hydrogen-bond acceptors (Lipinski definition) is 6. The minimum atomic E-state index is -0.301. The summed E-state index contributed by atoms with van der Waals surface area (Å²) in [7, 11) is 0. The lowest BCUT2D eigenvalue weighted by molar-refractivity contribution is 0.311. The normalized spacial score (nSPS) is 10.4. The van der Waals surface area contributed by atoms with Crippen molar-refractivity contribution >= 4 is 17.5 Å². The van der Waals surface area contributed by atoms with Crippen molar-refractivity contribution in [1.82, 2.24) is 15.0 Å². The average molecular weight is 325 g/mol. The molecule has 3 N–H and O–H groups in total. The van der Waals surface area contributed by atoms with Crippen molar-refractivity contribution in [3.8, 4) is 11.3 Å². The van der Waals surface area contributed by atoms with Gasteiger partial charge in [0.05, 0.1) is 12.3 Å². The molecule has 0 saturated carbocycles. The van der Waals surface area contributed by atoms with Gasteiger partial charge in [-0.25, -0.2) is 9.37 Å². The maximum Gasteiger partial charge on any atom is 0.225 e. The van der Waals surface area contributed by atoms with E-state index in [0.29, 0.717) is 29.7 Å². The zero-order valence-electron chi connectivity index (χ0n) is 12.8. The van der Waals surface area contributed by atoms with Gasteiger partial charge in [0.25, 0.3) is 0 Å². The maximum absolute atomic E-state index is 13.0. The van der Waals surface area contributed by atoms with Gasteiger partial charge in [-0.05, 0) is 36.4 Å². The van der Waals surface area contributed by atoms with E-state index in [1.54, 1.807) is 30.6 Å². The highest BCUT2D eigenvalue weighted by Crippen LogP contribution is 2.23. The van der Waals surface area contributed by atoms with Gasteiger partial charge in [-0.2, -0.15) is 4.98 Å². The second-order valence-corrected chi connectivity index (χ2v) is 4.99. The van der Waals surface area contributed by atoms with E-state index in [1.165, 1.54) is 12.1 Å². The van der Waals surface area contributed by atoms with Crippen LogP contribution in [0.1, 0.15) is 0 Å². The van der Waals surface area contributed by atoms with Gasteiger partial charge < -0.3 is 15.7 Å². The number of rotatable bonds is 6. The monoisotopic (exact) mass is 325 g/mol. The molecule has 3 aromatic rings. The third-order valence-corrected chi connectivity index (χ3v) is 3.19. The average Bonchev–Trinajstić information content (AvgIpc) is 2.62. The van der Waals surface area contributed by atoms with Crippen LogP contribution in [0.15, 0.2) is 54.9 Å². The second kappa shape index (κ2) is 7.47. The van der Waals surface area contributed by atoms with E-state index in [9.17, 15) is 4.39 Å². The molecule has 1 aromatic carbocycles. The van der Waals surface area contributed by atoms with Crippen molar-refractivity contribution in [2.75, 3.05) is 23.8 Å². The zero-order chi connectivity index (χ0) is 16.8. The number of halogens is 1. The van der Waals surface area contributed by atoms with E-state index in [-0.39, 0.29) is 12.4 Å². The number of aromatic nitrogens is 3. The molecule has 2 aromatic heterocycles. The topological polar surface area (TPSA) is 83.0 Å². The fraction of sp³-hybridized carbons (Fsp3) is 0.118. The first-order valence-corrected chi connectivity index (χ1v) is 7.41. The molecule has 2 heterocycles. The van der Waals surface area contributed by atoms with Crippen LogP contribution in [0.2, 0.25) is 0 Å². The Morgan fingerprint density at radius 3 is 2.62 bits per heavy atom. The molecule has 7 heteroatoms. The molecule has 24 heavy (non-hydrogen) atoms. The number of aliphatic hydroxyl groups excluding tert-OH is 1. The van der Waals surface area contributed by atoms with Crippen molar-refractivity contribution in [3.63, 3.8) is 0 Å². The number of nitrogens with one attached hydrogen (secondary N) is 2. The fourth-order valence-corrected chi connectivity index (χ4v) is 2.10. The molecule has 0 aliphatic rings. The second-order valence-electron chi connectivity index (χ2n) is 4.99. The Morgan fingerprint density at radius 1 is 1.08 bits per heavy atom. The first-order chi connectivity index (χ1) is 11.7. The van der Waals surface area contributed by atoms with E-state index in [1.807, 2.05) is 12.1 Å². The molecule has 0 amide bonds. The van der Waals surface area contributed by atoms with Crippen LogP contribution in [-0.4, -0.2) is 33.2 Å². The summed E-state index contributed by atoms with van der Waals surface area (Å²) in [5.41, 5.74) is 2.23. The standard InChI is InChI=1S/C17H16FN5O/c18-13-3-5-14(6-4-13)21-16-10-15(12-2-1-7-19-11-12)22-17(23-16)20-8-9-24/h1-7,10-11,24H,8-9H2,(H2,20,21,22,23). The van der Waals surface area contributed by atoms with Crippen molar-refractivity contribution in [2.45, 2.75) is 0 Å². The van der Waals surface area contributed by atoms with E-state index >= 15 is 0 Å². The van der Waals surface area contributed by atoms with Gasteiger partial charge in [-0.1, -0.05) is 0 Å². The zero-order valence-corrected chi connectivity index (χ0v) is 12.8. The number of benzene rings is 1. The molecule has 0 radical (unpaired) electrons. The fourth-order valence-electron chi connectivity index (χ4n) is 2.10. The summed E-state index contributed by atoms with van der Waals surface area (Å²) in [5, 5.41) is 15.0. The minimum Gasteiger partial charge on any atom is -0.395 e. The van der Waals surface area contributed by atoms with Gasteiger partial charge >= 0.3 is 0 Å². The van der Waals surface area contributed by atoms with Crippen LogP contribution in [-0.2, 0) is 0 Å². The van der Waals surface area contributed by atoms with Crippen molar-refractivity contribution in [2.24, 2.45) is 0 Å². The smallest absolute Gasteiger partial charge is 0.225 e. The SMILES string of the molecule is OCCNc1nc(Nc2ccc(F)cc2)cc(-c2cccnc2)n1. The predicted octanol–water partition coefficient (Wildman–Crippen LogP) is 2.83. The summed E-state index contributed by atoms with van der Waals surface area (Å²) in [6.45, 7) is 0.313. The van der Waals surface area contributed by atoms with Crippen molar-refractivity contribution in [3.05, 3.63) is 60.7 Å². The molecule has 0 aliphatic carbocycles. The summed E-state index contributed by atoms with van der Waals surface area (Å²) in [4.78, 5) is 12.9. The molecule has 0 fully saturated rings. The summed E-state index contributed by atoms with van der Waals surface area (Å²) in [6.07, 6.45) is 3.40. The van der Waals surface area contributed by atoms with E-state index in [0.717, 1.165) is 5.56 Å². The quantitative estimate of drug-likeness (QED) is 0.646. The Bertz CT molecular complexity index is 796. The van der Waals surface area contributed by atoms with Crippen LogP contribution in [0.4, 0.5) is 21.8 Å². The van der Waals surface area contributed by atoms with Gasteiger partial charge in [0.15, 0.2) is 0 Å². The third-order valence-electron chi connectivity index (χ3n) is 3.19. The molecule has 6 nitrogen and oxygen atoms in total. The lowest BCUT2D eigenvalue weighted by Gasteiger charge is -2.11. The lowest BCUT2D eigenvalue weighted by atomic mass is 10.2. The molecule has 122 valence electrons. The van der Waals surface area contributed by atoms with Gasteiger partial charge in [0.1, 0.15) is 11.6 Å². The molecule has 0 aliphatic heterocycles. The molecule has 0 unspecified atom stereocenters. The first-order valence-electron chi connectivity index (χ1n) is 7.41. The summed E-state index contributed by atoms with van der Waals surface area (Å²) in [6, 6.07) is 11.5. The number of pyridine rings is 1. The Kier molecular flexibility index (Phi) is 4.93. The molecule has 0 atom stereocenters. The van der Waals surface area contributed by atoms with Crippen LogP contribution in [0.3, 0.4) is 0 Å². The largest absolute Gasteiger partial charge is 0.395 e. The first kappa shape index (κ1) is 15.8. The van der Waals surface area contributed by atoms with Gasteiger partial charge in [-0.3, -0.25) is 4.98 Å². The highest BCUT2D eigenvalue weighted by atomic mass is 19.1. The Balaban J connectivity index is 1.93. The summed E-state index contributed by atoms with van der Waals surface area (Å²) >= 11 is 0. The predicted molar refractivity (Wildman–Crippen MR) is 90.5 cm³/mol. The Morgan fingerprint density at radius 2 is 1.92 bits per heavy atom. The molecule has 0 bridgehead atoms. The lowest BCUT2D eigenvalue weighted by Crippen LogP contribution is -2.10. The van der Waals surface area contributed by atoms with Gasteiger partial charge in [-0.15, -0.1) is 0 Å². The van der Waals surface area contributed by atoms with Crippen LogP contribution < -0.4 is 10.6 Å².